The molecule has 1 aromatic carbocycles. The Kier molecular flexibility index (Phi) is 7.15. The van der Waals surface area contributed by atoms with E-state index in [9.17, 15) is 9.59 Å². The number of piperazine rings is 1. The third-order valence-corrected chi connectivity index (χ3v) is 7.16. The fraction of sp³-hybridized carbons (Fsp3) is 0.538. The van der Waals surface area contributed by atoms with Crippen LogP contribution in [0.3, 0.4) is 0 Å². The summed E-state index contributed by atoms with van der Waals surface area (Å²) in [5.41, 5.74) is 0.148. The molecule has 1 spiro atoms. The predicted octanol–water partition coefficient (Wildman–Crippen LogP) is 4.72. The van der Waals surface area contributed by atoms with Crippen LogP contribution >= 0.6 is 11.6 Å². The minimum absolute atomic E-state index is 0.0138. The number of furan rings is 1. The van der Waals surface area contributed by atoms with Gasteiger partial charge in [0.2, 0.25) is 11.8 Å². The van der Waals surface area contributed by atoms with Gasteiger partial charge in [0, 0.05) is 25.2 Å². The number of carbonyl (C=O) groups excluding carboxylic acids is 2. The summed E-state index contributed by atoms with van der Waals surface area (Å²) in [6, 6.07) is 11.2. The van der Waals surface area contributed by atoms with Crippen LogP contribution in [0.25, 0.3) is 11.3 Å². The van der Waals surface area contributed by atoms with Gasteiger partial charge in [0.05, 0.1) is 11.6 Å². The van der Waals surface area contributed by atoms with Gasteiger partial charge in [-0.1, -0.05) is 44.5 Å². The molecule has 4 rings (SSSR count). The maximum Gasteiger partial charge on any atom is 0.246 e. The summed E-state index contributed by atoms with van der Waals surface area (Å²) in [6.07, 6.45) is 2.80. The van der Waals surface area contributed by atoms with Crippen LogP contribution in [0.4, 0.5) is 0 Å². The van der Waals surface area contributed by atoms with Crippen molar-refractivity contribution < 1.29 is 14.0 Å². The van der Waals surface area contributed by atoms with Gasteiger partial charge < -0.3 is 14.6 Å². The van der Waals surface area contributed by atoms with Crippen LogP contribution in [0, 0.1) is 5.92 Å². The predicted molar refractivity (Wildman–Crippen MR) is 130 cm³/mol. The van der Waals surface area contributed by atoms with Crippen LogP contribution in [-0.2, 0) is 16.1 Å². The molecular weight excluding hydrogens is 438 g/mol. The molecule has 7 heteroatoms. The zero-order chi connectivity index (χ0) is 23.6. The first-order valence-corrected chi connectivity index (χ1v) is 12.4. The molecule has 0 aliphatic carbocycles. The molecule has 1 atom stereocenters. The lowest BCUT2D eigenvalue weighted by atomic mass is 9.81. The van der Waals surface area contributed by atoms with E-state index >= 15 is 0 Å². The number of rotatable bonds is 7. The van der Waals surface area contributed by atoms with Crippen molar-refractivity contribution in [1.82, 2.24) is 15.1 Å². The van der Waals surface area contributed by atoms with Crippen molar-refractivity contribution in [3.63, 3.8) is 0 Å². The van der Waals surface area contributed by atoms with Gasteiger partial charge in [-0.2, -0.15) is 0 Å². The quantitative estimate of drug-likeness (QED) is 0.634. The Bertz CT molecular complexity index is 994. The molecule has 0 bridgehead atoms. The van der Waals surface area contributed by atoms with Gasteiger partial charge in [-0.3, -0.25) is 14.5 Å². The van der Waals surface area contributed by atoms with Crippen molar-refractivity contribution in [2.24, 2.45) is 5.92 Å². The molecule has 0 saturated carbocycles. The van der Waals surface area contributed by atoms with E-state index in [0.29, 0.717) is 43.3 Å². The standard InChI is InChI=1S/C26H34ClN3O3/c1-4-13-30-24(31)22(16-18(2)3)28-25(32)26(30)11-14-29(15-12-26)17-19-9-10-23(33-19)20-7-5-6-8-21(20)27/h5-10,18,22H,4,11-17H2,1-3H3,(H,28,32). The number of hydrogen-bond acceptors (Lipinski definition) is 4. The fourth-order valence-corrected chi connectivity index (χ4v) is 5.35. The monoisotopic (exact) mass is 471 g/mol. The second-order valence-electron chi connectivity index (χ2n) is 9.70. The number of nitrogens with zero attached hydrogens (tertiary/aromatic N) is 2. The molecule has 2 aromatic rings. The van der Waals surface area contributed by atoms with E-state index < -0.39 is 11.6 Å². The van der Waals surface area contributed by atoms with Crippen LogP contribution in [0.15, 0.2) is 40.8 Å². The molecule has 1 unspecified atom stereocenters. The highest BCUT2D eigenvalue weighted by atomic mass is 35.5. The second kappa shape index (κ2) is 9.90. The van der Waals surface area contributed by atoms with Gasteiger partial charge in [0.15, 0.2) is 0 Å². The molecule has 2 aliphatic heterocycles. The number of nitrogens with one attached hydrogen (secondary N) is 1. The van der Waals surface area contributed by atoms with Gasteiger partial charge in [-0.15, -0.1) is 0 Å². The Morgan fingerprint density at radius 3 is 2.55 bits per heavy atom. The van der Waals surface area contributed by atoms with E-state index in [1.165, 1.54) is 0 Å². The Balaban J connectivity index is 1.43. The van der Waals surface area contributed by atoms with Crippen LogP contribution in [-0.4, -0.2) is 52.8 Å². The van der Waals surface area contributed by atoms with Crippen molar-refractivity contribution in [3.8, 4) is 11.3 Å². The van der Waals surface area contributed by atoms with Gasteiger partial charge in [0.1, 0.15) is 23.1 Å². The number of amides is 2. The molecule has 2 saturated heterocycles. The Morgan fingerprint density at radius 1 is 1.15 bits per heavy atom. The maximum atomic E-state index is 13.3. The highest BCUT2D eigenvalue weighted by Gasteiger charge is 2.53. The van der Waals surface area contributed by atoms with Crippen molar-refractivity contribution in [3.05, 3.63) is 47.2 Å². The molecule has 1 aromatic heterocycles. The molecule has 3 heterocycles. The van der Waals surface area contributed by atoms with Crippen LogP contribution in [0.1, 0.15) is 52.2 Å². The van der Waals surface area contributed by atoms with Crippen LogP contribution < -0.4 is 5.32 Å². The molecule has 178 valence electrons. The average molecular weight is 472 g/mol. The number of benzene rings is 1. The smallest absolute Gasteiger partial charge is 0.246 e. The Labute approximate surface area is 201 Å². The van der Waals surface area contributed by atoms with Gasteiger partial charge >= 0.3 is 0 Å². The largest absolute Gasteiger partial charge is 0.460 e. The average Bonchev–Trinajstić information content (AvgIpc) is 3.24. The zero-order valence-electron chi connectivity index (χ0n) is 19.8. The summed E-state index contributed by atoms with van der Waals surface area (Å²) in [5.74, 6) is 2.07. The molecule has 6 nitrogen and oxygen atoms in total. The minimum atomic E-state index is -0.733. The fourth-order valence-electron chi connectivity index (χ4n) is 5.12. The van der Waals surface area contributed by atoms with Gasteiger partial charge in [0.25, 0.3) is 0 Å². The van der Waals surface area contributed by atoms with E-state index in [-0.39, 0.29) is 11.8 Å². The normalized spacial score (nSPS) is 21.1. The number of carbonyl (C=O) groups is 2. The molecule has 1 N–H and O–H groups in total. The topological polar surface area (TPSA) is 65.8 Å². The molecule has 2 amide bonds. The van der Waals surface area contributed by atoms with Crippen molar-refractivity contribution >= 4 is 23.4 Å². The van der Waals surface area contributed by atoms with Crippen LogP contribution in [0.5, 0.6) is 0 Å². The maximum absolute atomic E-state index is 13.3. The lowest BCUT2D eigenvalue weighted by Gasteiger charge is -2.51. The summed E-state index contributed by atoms with van der Waals surface area (Å²) in [7, 11) is 0. The van der Waals surface area contributed by atoms with E-state index in [4.69, 9.17) is 16.0 Å². The number of piperidine rings is 1. The van der Waals surface area contributed by atoms with E-state index in [2.05, 4.69) is 31.0 Å². The first-order chi connectivity index (χ1) is 15.8. The lowest BCUT2D eigenvalue weighted by Crippen LogP contribution is -2.73. The third-order valence-electron chi connectivity index (χ3n) is 6.83. The number of likely N-dealkylation sites (tertiary alicyclic amines) is 1. The molecule has 2 fully saturated rings. The zero-order valence-corrected chi connectivity index (χ0v) is 20.5. The SMILES string of the molecule is CCCN1C(=O)C(CC(C)C)NC(=O)C12CCN(Cc1ccc(-c3ccccc3Cl)o1)CC2. The summed E-state index contributed by atoms with van der Waals surface area (Å²) in [6.45, 7) is 8.99. The molecule has 33 heavy (non-hydrogen) atoms. The third kappa shape index (κ3) is 4.82. The van der Waals surface area contributed by atoms with Crippen molar-refractivity contribution in [1.29, 1.82) is 0 Å². The summed E-state index contributed by atoms with van der Waals surface area (Å²) < 4.78 is 6.07. The molecule has 0 radical (unpaired) electrons. The lowest BCUT2D eigenvalue weighted by molar-refractivity contribution is -0.161. The van der Waals surface area contributed by atoms with Gasteiger partial charge in [-0.05, 0) is 55.9 Å². The highest BCUT2D eigenvalue weighted by molar-refractivity contribution is 6.33. The highest BCUT2D eigenvalue weighted by Crippen LogP contribution is 2.35. The second-order valence-corrected chi connectivity index (χ2v) is 10.1. The van der Waals surface area contributed by atoms with Crippen LogP contribution in [0.2, 0.25) is 5.02 Å². The van der Waals surface area contributed by atoms with E-state index in [1.54, 1.807) is 0 Å². The van der Waals surface area contributed by atoms with E-state index in [1.807, 2.05) is 41.3 Å². The minimum Gasteiger partial charge on any atom is -0.460 e. The Morgan fingerprint density at radius 2 is 1.88 bits per heavy atom. The van der Waals surface area contributed by atoms with Crippen molar-refractivity contribution in [2.45, 2.75) is 64.6 Å². The Hall–Kier alpha value is -2.31. The first kappa shape index (κ1) is 23.8. The first-order valence-electron chi connectivity index (χ1n) is 12.0. The summed E-state index contributed by atoms with van der Waals surface area (Å²) in [5, 5.41) is 3.72. The van der Waals surface area contributed by atoms with Crippen molar-refractivity contribution in [2.75, 3.05) is 19.6 Å². The molecule has 2 aliphatic rings. The number of halogens is 1. The van der Waals surface area contributed by atoms with Gasteiger partial charge in [-0.25, -0.2) is 0 Å². The molecular formula is C26H34ClN3O3. The summed E-state index contributed by atoms with van der Waals surface area (Å²) >= 11 is 6.30. The summed E-state index contributed by atoms with van der Waals surface area (Å²) in [4.78, 5) is 30.8. The number of hydrogen-bond donors (Lipinski definition) is 1. The van der Waals surface area contributed by atoms with E-state index in [0.717, 1.165) is 36.6 Å².